The van der Waals surface area contributed by atoms with Gasteiger partial charge in [0.2, 0.25) is 0 Å². The predicted octanol–water partition coefficient (Wildman–Crippen LogP) is 4.91. The summed E-state index contributed by atoms with van der Waals surface area (Å²) in [6.07, 6.45) is 8.70. The van der Waals surface area contributed by atoms with Crippen molar-refractivity contribution in [3.63, 3.8) is 0 Å². The van der Waals surface area contributed by atoms with Gasteiger partial charge in [-0.1, -0.05) is 23.7 Å². The molecule has 0 unspecified atom stereocenters. The molecule has 0 amide bonds. The number of benzene rings is 1. The van der Waals surface area contributed by atoms with Crippen molar-refractivity contribution in [3.05, 3.63) is 34.9 Å². The summed E-state index contributed by atoms with van der Waals surface area (Å²) in [6.45, 7) is 3.10. The molecule has 0 saturated heterocycles. The lowest BCUT2D eigenvalue weighted by atomic mass is 9.48. The second kappa shape index (κ2) is 6.49. The molecule has 0 aromatic heterocycles. The molecule has 4 fully saturated rings. The lowest BCUT2D eigenvalue weighted by molar-refractivity contribution is -0.0672. The van der Waals surface area contributed by atoms with Crippen LogP contribution in [0.2, 0.25) is 5.02 Å². The zero-order chi connectivity index (χ0) is 16.7. The van der Waals surface area contributed by atoms with Gasteiger partial charge in [0.1, 0.15) is 0 Å². The van der Waals surface area contributed by atoms with Gasteiger partial charge in [0, 0.05) is 17.6 Å². The van der Waals surface area contributed by atoms with E-state index in [2.05, 4.69) is 17.6 Å². The fraction of sp³-hybridized carbons (Fsp3) is 0.650. The molecule has 4 aliphatic carbocycles. The molecule has 2 nitrogen and oxygen atoms in total. The molecule has 4 heteroatoms. The van der Waals surface area contributed by atoms with Crippen LogP contribution in [0.15, 0.2) is 24.3 Å². The molecular weight excluding hydrogens is 336 g/mol. The summed E-state index contributed by atoms with van der Waals surface area (Å²) < 4.78 is 0. The summed E-state index contributed by atoms with van der Waals surface area (Å²) in [5, 5.41) is 8.53. The number of hydrogen-bond acceptors (Lipinski definition) is 1. The summed E-state index contributed by atoms with van der Waals surface area (Å²) in [5.41, 5.74) is 1.69. The molecule has 5 rings (SSSR count). The van der Waals surface area contributed by atoms with Crippen LogP contribution in [0.4, 0.5) is 0 Å². The first-order valence-corrected chi connectivity index (χ1v) is 10.1. The van der Waals surface area contributed by atoms with Crippen LogP contribution in [0.25, 0.3) is 0 Å². The molecule has 1 aromatic rings. The zero-order valence-electron chi connectivity index (χ0n) is 14.4. The van der Waals surface area contributed by atoms with Crippen LogP contribution >= 0.6 is 23.8 Å². The molecule has 0 spiro atoms. The van der Waals surface area contributed by atoms with Crippen LogP contribution in [0.3, 0.4) is 0 Å². The van der Waals surface area contributed by atoms with Crippen LogP contribution < -0.4 is 10.6 Å². The van der Waals surface area contributed by atoms with Crippen LogP contribution in [0.5, 0.6) is 0 Å². The predicted molar refractivity (Wildman–Crippen MR) is 104 cm³/mol. The second-order valence-electron chi connectivity index (χ2n) is 8.46. The first kappa shape index (κ1) is 16.7. The molecule has 4 aliphatic rings. The molecular formula is C20H27ClN2S. The average molecular weight is 363 g/mol. The normalized spacial score (nSPS) is 34.8. The third-order valence-corrected chi connectivity index (χ3v) is 7.23. The largest absolute Gasteiger partial charge is 0.360 e. The Kier molecular flexibility index (Phi) is 4.51. The Morgan fingerprint density at radius 2 is 1.67 bits per heavy atom. The average Bonchev–Trinajstić information content (AvgIpc) is 2.53. The Hall–Kier alpha value is -0.800. The minimum Gasteiger partial charge on any atom is -0.360 e. The van der Waals surface area contributed by atoms with Gasteiger partial charge in [-0.05, 0) is 98.5 Å². The topological polar surface area (TPSA) is 24.1 Å². The summed E-state index contributed by atoms with van der Waals surface area (Å²) in [6, 6.07) is 8.40. The maximum Gasteiger partial charge on any atom is 0.166 e. The molecule has 0 heterocycles. The molecule has 0 aliphatic heterocycles. The van der Waals surface area contributed by atoms with Crippen LogP contribution in [0.1, 0.15) is 51.0 Å². The van der Waals surface area contributed by atoms with Crippen molar-refractivity contribution in [1.82, 2.24) is 10.6 Å². The fourth-order valence-electron chi connectivity index (χ4n) is 5.89. The van der Waals surface area contributed by atoms with E-state index in [1.165, 1.54) is 44.1 Å². The van der Waals surface area contributed by atoms with E-state index >= 15 is 0 Å². The Bertz CT molecular complexity index is 577. The maximum atomic E-state index is 5.93. The molecule has 2 N–H and O–H groups in total. The van der Waals surface area contributed by atoms with Gasteiger partial charge in [-0.2, -0.15) is 0 Å². The first-order valence-electron chi connectivity index (χ1n) is 9.31. The summed E-state index contributed by atoms with van der Waals surface area (Å²) in [7, 11) is 0. The van der Waals surface area contributed by atoms with Crippen molar-refractivity contribution in [2.24, 2.45) is 23.2 Å². The van der Waals surface area contributed by atoms with Crippen molar-refractivity contribution >= 4 is 28.9 Å². The van der Waals surface area contributed by atoms with Gasteiger partial charge < -0.3 is 10.6 Å². The minimum absolute atomic E-state index is 0.469. The lowest BCUT2D eigenvalue weighted by Gasteiger charge is -2.59. The number of thiocarbonyl (C=S) groups is 1. The van der Waals surface area contributed by atoms with Gasteiger partial charge >= 0.3 is 0 Å². The van der Waals surface area contributed by atoms with E-state index in [-0.39, 0.29) is 0 Å². The molecule has 130 valence electrons. The quantitative estimate of drug-likeness (QED) is 0.744. The highest BCUT2D eigenvalue weighted by molar-refractivity contribution is 7.80. The smallest absolute Gasteiger partial charge is 0.166 e. The molecule has 4 saturated carbocycles. The third-order valence-electron chi connectivity index (χ3n) is 6.72. The van der Waals surface area contributed by atoms with E-state index in [0.29, 0.717) is 11.5 Å². The highest BCUT2D eigenvalue weighted by Crippen LogP contribution is 2.61. The summed E-state index contributed by atoms with van der Waals surface area (Å²) in [5.74, 6) is 2.95. The van der Waals surface area contributed by atoms with Gasteiger partial charge in [0.05, 0.1) is 0 Å². The van der Waals surface area contributed by atoms with Gasteiger partial charge in [0.25, 0.3) is 0 Å². The van der Waals surface area contributed by atoms with E-state index in [4.69, 9.17) is 23.8 Å². The van der Waals surface area contributed by atoms with Gasteiger partial charge in [-0.15, -0.1) is 0 Å². The van der Waals surface area contributed by atoms with Crippen LogP contribution in [-0.4, -0.2) is 11.2 Å². The Morgan fingerprint density at radius 3 is 2.21 bits per heavy atom. The van der Waals surface area contributed by atoms with E-state index in [1.54, 1.807) is 0 Å². The fourth-order valence-corrected chi connectivity index (χ4v) is 6.27. The van der Waals surface area contributed by atoms with E-state index < -0.39 is 0 Å². The molecule has 4 bridgehead atoms. The Balaban J connectivity index is 1.33. The Morgan fingerprint density at radius 1 is 1.12 bits per heavy atom. The van der Waals surface area contributed by atoms with Gasteiger partial charge in [-0.3, -0.25) is 0 Å². The minimum atomic E-state index is 0.469. The lowest BCUT2D eigenvalue weighted by Crippen LogP contribution is -2.57. The molecule has 1 aromatic carbocycles. The Labute approximate surface area is 155 Å². The molecule has 24 heavy (non-hydrogen) atoms. The number of halogens is 1. The summed E-state index contributed by atoms with van der Waals surface area (Å²) >= 11 is 11.5. The third kappa shape index (κ3) is 3.30. The van der Waals surface area contributed by atoms with E-state index in [1.807, 2.05) is 24.3 Å². The van der Waals surface area contributed by atoms with Gasteiger partial charge in [-0.25, -0.2) is 0 Å². The highest BCUT2D eigenvalue weighted by atomic mass is 35.5. The van der Waals surface area contributed by atoms with E-state index in [0.717, 1.165) is 34.4 Å². The van der Waals surface area contributed by atoms with Crippen molar-refractivity contribution in [3.8, 4) is 0 Å². The molecule has 0 radical (unpaired) electrons. The van der Waals surface area contributed by atoms with Crippen LogP contribution in [0, 0.1) is 23.2 Å². The second-order valence-corrected chi connectivity index (χ2v) is 9.30. The van der Waals surface area contributed by atoms with Gasteiger partial charge in [0.15, 0.2) is 5.11 Å². The van der Waals surface area contributed by atoms with Crippen molar-refractivity contribution in [2.75, 3.05) is 0 Å². The summed E-state index contributed by atoms with van der Waals surface area (Å²) in [4.78, 5) is 0. The van der Waals surface area contributed by atoms with Crippen molar-refractivity contribution in [1.29, 1.82) is 0 Å². The van der Waals surface area contributed by atoms with Crippen molar-refractivity contribution in [2.45, 2.75) is 58.0 Å². The van der Waals surface area contributed by atoms with Crippen LogP contribution in [-0.2, 0) is 6.54 Å². The van der Waals surface area contributed by atoms with Crippen molar-refractivity contribution < 1.29 is 0 Å². The maximum absolute atomic E-state index is 5.93. The number of nitrogens with one attached hydrogen (secondary N) is 2. The number of hydrogen-bond donors (Lipinski definition) is 2. The highest BCUT2D eigenvalue weighted by Gasteiger charge is 2.53. The molecule has 1 atom stereocenters. The van der Waals surface area contributed by atoms with E-state index in [9.17, 15) is 0 Å². The SMILES string of the molecule is C[C@@H](NC(=S)NCc1ccc(Cl)cc1)C12CC3CC(CC(C3)C1)C2. The standard InChI is InChI=1S/C20H27ClN2S/c1-13(20-9-15-6-16(10-20)8-17(7-15)11-20)23-19(24)22-12-14-2-4-18(21)5-3-14/h2-5,13,15-17H,6-12H2,1H3,(H2,22,23,24)/t13-,15?,16?,17?,20?/m1/s1. The monoisotopic (exact) mass is 362 g/mol. The first-order chi connectivity index (χ1) is 11.5. The number of rotatable bonds is 4. The zero-order valence-corrected chi connectivity index (χ0v) is 15.9.